The van der Waals surface area contributed by atoms with E-state index >= 15 is 0 Å². The SMILES string of the molecule is Cc1nc2c(cc1NC(=O)Nc1ccc(Cl)cc1)nc(C)n2Cc1cccc(Cl)c1. The fourth-order valence-electron chi connectivity index (χ4n) is 3.20. The summed E-state index contributed by atoms with van der Waals surface area (Å²) in [5.74, 6) is 0.833. The maximum atomic E-state index is 12.4. The number of pyridine rings is 1. The summed E-state index contributed by atoms with van der Waals surface area (Å²) in [6.07, 6.45) is 0. The molecule has 0 atom stereocenters. The van der Waals surface area contributed by atoms with Crippen molar-refractivity contribution in [3.63, 3.8) is 0 Å². The monoisotopic (exact) mass is 439 g/mol. The summed E-state index contributed by atoms with van der Waals surface area (Å²) in [7, 11) is 0. The van der Waals surface area contributed by atoms with Gasteiger partial charge < -0.3 is 15.2 Å². The van der Waals surface area contributed by atoms with E-state index in [0.29, 0.717) is 39.2 Å². The summed E-state index contributed by atoms with van der Waals surface area (Å²) in [6.45, 7) is 4.39. The summed E-state index contributed by atoms with van der Waals surface area (Å²) in [5.41, 5.74) is 4.47. The van der Waals surface area contributed by atoms with E-state index < -0.39 is 0 Å². The second-order valence-corrected chi connectivity index (χ2v) is 7.80. The van der Waals surface area contributed by atoms with Crippen LogP contribution >= 0.6 is 23.2 Å². The van der Waals surface area contributed by atoms with Crippen molar-refractivity contribution in [2.24, 2.45) is 0 Å². The number of fused-ring (bicyclic) bond motifs is 1. The minimum absolute atomic E-state index is 0.364. The van der Waals surface area contributed by atoms with Gasteiger partial charge in [0, 0.05) is 15.7 Å². The van der Waals surface area contributed by atoms with Gasteiger partial charge >= 0.3 is 6.03 Å². The van der Waals surface area contributed by atoms with E-state index in [1.165, 1.54) is 0 Å². The number of amides is 2. The molecule has 30 heavy (non-hydrogen) atoms. The zero-order valence-corrected chi connectivity index (χ0v) is 17.9. The Hall–Kier alpha value is -3.09. The molecular weight excluding hydrogens is 421 g/mol. The lowest BCUT2D eigenvalue weighted by Crippen LogP contribution is -2.20. The fourth-order valence-corrected chi connectivity index (χ4v) is 3.54. The quantitative estimate of drug-likeness (QED) is 0.406. The van der Waals surface area contributed by atoms with Crippen LogP contribution in [0.15, 0.2) is 54.6 Å². The van der Waals surface area contributed by atoms with Crippen LogP contribution in [0.4, 0.5) is 16.2 Å². The number of imidazole rings is 1. The van der Waals surface area contributed by atoms with Crippen LogP contribution in [-0.4, -0.2) is 20.6 Å². The molecule has 2 amide bonds. The van der Waals surface area contributed by atoms with Crippen LogP contribution in [0.2, 0.25) is 10.0 Å². The first kappa shape index (κ1) is 20.2. The highest BCUT2D eigenvalue weighted by Gasteiger charge is 2.14. The number of carbonyl (C=O) groups is 1. The molecule has 6 nitrogen and oxygen atoms in total. The number of anilines is 2. The van der Waals surface area contributed by atoms with Gasteiger partial charge in [-0.25, -0.2) is 14.8 Å². The predicted molar refractivity (Wildman–Crippen MR) is 122 cm³/mol. The van der Waals surface area contributed by atoms with E-state index in [1.807, 2.05) is 48.7 Å². The van der Waals surface area contributed by atoms with Gasteiger partial charge in [0.05, 0.1) is 17.9 Å². The van der Waals surface area contributed by atoms with Crippen LogP contribution in [0.3, 0.4) is 0 Å². The van der Waals surface area contributed by atoms with Gasteiger partial charge in [-0.1, -0.05) is 35.3 Å². The number of carbonyl (C=O) groups excluding carboxylic acids is 1. The largest absolute Gasteiger partial charge is 0.323 e. The van der Waals surface area contributed by atoms with E-state index in [4.69, 9.17) is 28.2 Å². The Morgan fingerprint density at radius 3 is 2.47 bits per heavy atom. The van der Waals surface area contributed by atoms with Crippen LogP contribution < -0.4 is 10.6 Å². The zero-order chi connectivity index (χ0) is 21.3. The van der Waals surface area contributed by atoms with Gasteiger partial charge in [0.2, 0.25) is 0 Å². The third-order valence-electron chi connectivity index (χ3n) is 4.68. The lowest BCUT2D eigenvalue weighted by molar-refractivity contribution is 0.262. The highest BCUT2D eigenvalue weighted by molar-refractivity contribution is 6.30. The minimum Gasteiger partial charge on any atom is -0.308 e. The molecule has 0 radical (unpaired) electrons. The van der Waals surface area contributed by atoms with E-state index in [0.717, 1.165) is 17.0 Å². The van der Waals surface area contributed by atoms with E-state index in [1.54, 1.807) is 24.3 Å². The van der Waals surface area contributed by atoms with Gasteiger partial charge in [-0.05, 0) is 61.9 Å². The second kappa shape index (κ2) is 8.34. The van der Waals surface area contributed by atoms with Crippen LogP contribution in [0.1, 0.15) is 17.1 Å². The zero-order valence-electron chi connectivity index (χ0n) is 16.4. The van der Waals surface area contributed by atoms with Crippen molar-refractivity contribution in [3.05, 3.63) is 81.7 Å². The number of benzene rings is 2. The molecule has 0 aliphatic heterocycles. The van der Waals surface area contributed by atoms with E-state index in [9.17, 15) is 4.79 Å². The maximum Gasteiger partial charge on any atom is 0.323 e. The molecule has 0 spiro atoms. The summed E-state index contributed by atoms with van der Waals surface area (Å²) in [6, 6.07) is 16.1. The summed E-state index contributed by atoms with van der Waals surface area (Å²) in [4.78, 5) is 21.7. The Labute approximate surface area is 183 Å². The molecule has 0 aliphatic carbocycles. The average molecular weight is 440 g/mol. The smallest absolute Gasteiger partial charge is 0.308 e. The Morgan fingerprint density at radius 1 is 0.967 bits per heavy atom. The highest BCUT2D eigenvalue weighted by atomic mass is 35.5. The Kier molecular flexibility index (Phi) is 5.61. The molecule has 152 valence electrons. The van der Waals surface area contributed by atoms with E-state index in [-0.39, 0.29) is 6.03 Å². The van der Waals surface area contributed by atoms with Crippen LogP contribution in [0.5, 0.6) is 0 Å². The number of hydrogen-bond donors (Lipinski definition) is 2. The Balaban J connectivity index is 1.58. The molecule has 8 heteroatoms. The summed E-state index contributed by atoms with van der Waals surface area (Å²) < 4.78 is 2.03. The van der Waals surface area contributed by atoms with Crippen molar-refractivity contribution in [2.75, 3.05) is 10.6 Å². The predicted octanol–water partition coefficient (Wildman–Crippen LogP) is 6.05. The first-order valence-electron chi connectivity index (χ1n) is 9.31. The lowest BCUT2D eigenvalue weighted by atomic mass is 10.2. The van der Waals surface area contributed by atoms with Gasteiger partial charge in [-0.2, -0.15) is 0 Å². The fraction of sp³-hybridized carbons (Fsp3) is 0.136. The van der Waals surface area contributed by atoms with Crippen molar-refractivity contribution in [2.45, 2.75) is 20.4 Å². The standard InChI is InChI=1S/C22H19Cl2N5O/c1-13-19(28-22(30)27-18-8-6-16(23)7-9-18)11-20-21(25-13)29(14(2)26-20)12-15-4-3-5-17(24)10-15/h3-11H,12H2,1-2H3,(H2,27,28,30). The van der Waals surface area contributed by atoms with Crippen molar-refractivity contribution in [1.82, 2.24) is 14.5 Å². The second-order valence-electron chi connectivity index (χ2n) is 6.93. The molecule has 0 bridgehead atoms. The molecule has 2 heterocycles. The Morgan fingerprint density at radius 2 is 1.73 bits per heavy atom. The molecule has 0 saturated heterocycles. The molecule has 0 aliphatic rings. The van der Waals surface area contributed by atoms with E-state index in [2.05, 4.69) is 15.6 Å². The first-order chi connectivity index (χ1) is 14.4. The van der Waals surface area contributed by atoms with Crippen molar-refractivity contribution >= 4 is 51.8 Å². The third kappa shape index (κ3) is 4.40. The number of aromatic nitrogens is 3. The normalized spacial score (nSPS) is 10.9. The molecule has 4 aromatic rings. The van der Waals surface area contributed by atoms with Crippen molar-refractivity contribution < 1.29 is 4.79 Å². The summed E-state index contributed by atoms with van der Waals surface area (Å²) >= 11 is 12.0. The maximum absolute atomic E-state index is 12.4. The van der Waals surface area contributed by atoms with Gasteiger partial charge in [0.25, 0.3) is 0 Å². The molecule has 2 N–H and O–H groups in total. The topological polar surface area (TPSA) is 71.8 Å². The molecule has 0 fully saturated rings. The highest BCUT2D eigenvalue weighted by Crippen LogP contribution is 2.23. The van der Waals surface area contributed by atoms with Gasteiger partial charge in [0.15, 0.2) is 5.65 Å². The number of halogens is 2. The number of nitrogens with one attached hydrogen (secondary N) is 2. The minimum atomic E-state index is -0.364. The third-order valence-corrected chi connectivity index (χ3v) is 5.17. The number of rotatable bonds is 4. The average Bonchev–Trinajstić information content (AvgIpc) is 2.98. The lowest BCUT2D eigenvalue weighted by Gasteiger charge is -2.11. The first-order valence-corrected chi connectivity index (χ1v) is 10.1. The number of urea groups is 1. The number of nitrogens with zero attached hydrogens (tertiary/aromatic N) is 3. The Bertz CT molecular complexity index is 1230. The van der Waals surface area contributed by atoms with Crippen molar-refractivity contribution in [3.8, 4) is 0 Å². The molecule has 4 rings (SSSR count). The molecule has 2 aromatic carbocycles. The number of aryl methyl sites for hydroxylation is 2. The van der Waals surface area contributed by atoms with Gasteiger partial charge in [0.1, 0.15) is 11.3 Å². The van der Waals surface area contributed by atoms with Crippen LogP contribution in [-0.2, 0) is 6.54 Å². The molecule has 2 aromatic heterocycles. The molecule has 0 saturated carbocycles. The van der Waals surface area contributed by atoms with Crippen molar-refractivity contribution in [1.29, 1.82) is 0 Å². The van der Waals surface area contributed by atoms with Gasteiger partial charge in [-0.15, -0.1) is 0 Å². The molecular formula is C22H19Cl2N5O. The van der Waals surface area contributed by atoms with Gasteiger partial charge in [-0.3, -0.25) is 0 Å². The number of hydrogen-bond acceptors (Lipinski definition) is 3. The van der Waals surface area contributed by atoms with Crippen LogP contribution in [0, 0.1) is 13.8 Å². The molecule has 0 unspecified atom stereocenters. The van der Waals surface area contributed by atoms with Crippen LogP contribution in [0.25, 0.3) is 11.2 Å². The summed E-state index contributed by atoms with van der Waals surface area (Å²) in [5, 5.41) is 6.91.